The maximum atomic E-state index is 11.7. The van der Waals surface area contributed by atoms with Crippen molar-refractivity contribution in [2.75, 3.05) is 0 Å². The van der Waals surface area contributed by atoms with E-state index in [0.717, 1.165) is 29.6 Å². The van der Waals surface area contributed by atoms with Crippen LogP contribution in [0.1, 0.15) is 70.6 Å². The van der Waals surface area contributed by atoms with Crippen LogP contribution < -0.4 is 0 Å². The highest BCUT2D eigenvalue weighted by Crippen LogP contribution is 2.73. The first-order chi connectivity index (χ1) is 9.22. The van der Waals surface area contributed by atoms with Gasteiger partial charge < -0.3 is 5.11 Å². The zero-order valence-corrected chi connectivity index (χ0v) is 12.1. The Kier molecular flexibility index (Phi) is 2.19. The summed E-state index contributed by atoms with van der Waals surface area (Å²) in [6, 6.07) is 0. The summed E-state index contributed by atoms with van der Waals surface area (Å²) in [5.41, 5.74) is 0.148. The highest BCUT2D eigenvalue weighted by atomic mass is 16.3. The molecule has 1 spiro atoms. The molecule has 1 nitrogen and oxygen atoms in total. The average molecular weight is 260 g/mol. The van der Waals surface area contributed by atoms with Gasteiger partial charge in [-0.25, -0.2) is 0 Å². The third-order valence-electron chi connectivity index (χ3n) is 8.20. The predicted octanol–water partition coefficient (Wildman–Crippen LogP) is 4.14. The fourth-order valence-electron chi connectivity index (χ4n) is 8.29. The quantitative estimate of drug-likeness (QED) is 0.694. The first-order valence-corrected chi connectivity index (χ1v) is 8.95. The molecule has 1 heteroatoms. The van der Waals surface area contributed by atoms with E-state index in [2.05, 4.69) is 0 Å². The van der Waals surface area contributed by atoms with Crippen LogP contribution in [0.2, 0.25) is 0 Å². The van der Waals surface area contributed by atoms with Gasteiger partial charge in [-0.15, -0.1) is 0 Å². The topological polar surface area (TPSA) is 20.2 Å². The minimum Gasteiger partial charge on any atom is -0.389 e. The van der Waals surface area contributed by atoms with Gasteiger partial charge in [-0.2, -0.15) is 0 Å². The standard InChI is InChI=1S/C18H28O/c19-17-10-12-7-13(11-17)9-16(8-12)18(17)14-3-1-4-15(18)6-2-5-14/h12-16,19H,1-11H2/t12-,13+,14?,15?,16?,17?,18?. The molecule has 6 aliphatic rings. The summed E-state index contributed by atoms with van der Waals surface area (Å²) in [7, 11) is 0. The molecular formula is C18H28O. The molecule has 6 fully saturated rings. The van der Waals surface area contributed by atoms with Crippen LogP contribution in [0, 0.1) is 35.0 Å². The van der Waals surface area contributed by atoms with Gasteiger partial charge in [-0.1, -0.05) is 12.8 Å². The van der Waals surface area contributed by atoms with Crippen molar-refractivity contribution in [3.05, 3.63) is 0 Å². The molecule has 1 N–H and O–H groups in total. The summed E-state index contributed by atoms with van der Waals surface area (Å²) in [6.07, 6.45) is 15.4. The van der Waals surface area contributed by atoms with Crippen LogP contribution in [0.4, 0.5) is 0 Å². The normalized spacial score (nSPS) is 62.7. The predicted molar refractivity (Wildman–Crippen MR) is 75.6 cm³/mol. The first-order valence-electron chi connectivity index (χ1n) is 8.95. The van der Waals surface area contributed by atoms with Crippen molar-refractivity contribution in [3.8, 4) is 0 Å². The molecule has 6 aliphatic carbocycles. The molecule has 2 unspecified atom stereocenters. The van der Waals surface area contributed by atoms with Crippen LogP contribution in [0.5, 0.6) is 0 Å². The van der Waals surface area contributed by atoms with Crippen LogP contribution in [0.15, 0.2) is 0 Å². The average Bonchev–Trinajstić information content (AvgIpc) is 2.34. The van der Waals surface area contributed by atoms with Crippen molar-refractivity contribution in [3.63, 3.8) is 0 Å². The molecule has 0 aromatic heterocycles. The molecule has 0 saturated heterocycles. The minimum absolute atomic E-state index is 0.238. The number of rotatable bonds is 0. The minimum atomic E-state index is -0.238. The van der Waals surface area contributed by atoms with Crippen LogP contribution >= 0.6 is 0 Å². The van der Waals surface area contributed by atoms with Crippen molar-refractivity contribution in [1.29, 1.82) is 0 Å². The highest BCUT2D eigenvalue weighted by Gasteiger charge is 2.70. The summed E-state index contributed by atoms with van der Waals surface area (Å²) in [4.78, 5) is 0. The molecule has 0 aromatic rings. The van der Waals surface area contributed by atoms with Crippen molar-refractivity contribution in [2.24, 2.45) is 35.0 Å². The number of aliphatic hydroxyl groups is 1. The fourth-order valence-corrected chi connectivity index (χ4v) is 8.29. The molecule has 4 atom stereocenters. The molecule has 6 bridgehead atoms. The molecule has 0 amide bonds. The first kappa shape index (κ1) is 11.6. The molecule has 6 rings (SSSR count). The second kappa shape index (κ2) is 3.59. The van der Waals surface area contributed by atoms with Gasteiger partial charge in [0.05, 0.1) is 5.60 Å². The molecule has 0 aromatic carbocycles. The van der Waals surface area contributed by atoms with Crippen LogP contribution in [-0.2, 0) is 0 Å². The third-order valence-corrected chi connectivity index (χ3v) is 8.20. The lowest BCUT2D eigenvalue weighted by atomic mass is 9.34. The van der Waals surface area contributed by atoms with E-state index in [4.69, 9.17) is 0 Å². The maximum absolute atomic E-state index is 11.7. The van der Waals surface area contributed by atoms with Gasteiger partial charge in [0, 0.05) is 5.41 Å². The maximum Gasteiger partial charge on any atom is 0.0717 e. The Morgan fingerprint density at radius 3 is 1.68 bits per heavy atom. The van der Waals surface area contributed by atoms with Gasteiger partial charge in [0.25, 0.3) is 0 Å². The monoisotopic (exact) mass is 260 g/mol. The lowest BCUT2D eigenvalue weighted by Crippen LogP contribution is -2.71. The summed E-state index contributed by atoms with van der Waals surface area (Å²) in [5.74, 6) is 4.44. The zero-order chi connectivity index (χ0) is 12.7. The van der Waals surface area contributed by atoms with Gasteiger partial charge in [0.1, 0.15) is 0 Å². The Morgan fingerprint density at radius 2 is 1.21 bits per heavy atom. The van der Waals surface area contributed by atoms with Gasteiger partial charge in [0.15, 0.2) is 0 Å². The summed E-state index contributed by atoms with van der Waals surface area (Å²) < 4.78 is 0. The van der Waals surface area contributed by atoms with Crippen LogP contribution in [0.25, 0.3) is 0 Å². The van der Waals surface area contributed by atoms with Gasteiger partial charge in [0.2, 0.25) is 0 Å². The largest absolute Gasteiger partial charge is 0.389 e. The number of hydrogen-bond acceptors (Lipinski definition) is 1. The van der Waals surface area contributed by atoms with Crippen molar-refractivity contribution in [1.82, 2.24) is 0 Å². The molecule has 19 heavy (non-hydrogen) atoms. The summed E-state index contributed by atoms with van der Waals surface area (Å²) in [6.45, 7) is 0. The van der Waals surface area contributed by atoms with Crippen molar-refractivity contribution < 1.29 is 5.11 Å². The van der Waals surface area contributed by atoms with E-state index in [9.17, 15) is 5.11 Å². The summed E-state index contributed by atoms with van der Waals surface area (Å²) >= 11 is 0. The molecule has 0 radical (unpaired) electrons. The van der Waals surface area contributed by atoms with Crippen LogP contribution in [0.3, 0.4) is 0 Å². The molecule has 6 saturated carbocycles. The van der Waals surface area contributed by atoms with E-state index in [0.29, 0.717) is 5.41 Å². The molecule has 0 heterocycles. The smallest absolute Gasteiger partial charge is 0.0717 e. The van der Waals surface area contributed by atoms with E-state index >= 15 is 0 Å². The van der Waals surface area contributed by atoms with Gasteiger partial charge in [-0.3, -0.25) is 0 Å². The lowest BCUT2D eigenvalue weighted by molar-refractivity contribution is -0.289. The Labute approximate surface area is 117 Å². The molecular weight excluding hydrogens is 232 g/mol. The van der Waals surface area contributed by atoms with E-state index in [1.165, 1.54) is 70.6 Å². The van der Waals surface area contributed by atoms with E-state index in [-0.39, 0.29) is 5.60 Å². The second-order valence-electron chi connectivity index (χ2n) is 8.76. The van der Waals surface area contributed by atoms with E-state index in [1.54, 1.807) is 0 Å². The Bertz CT molecular complexity index is 364. The van der Waals surface area contributed by atoms with Crippen LogP contribution in [-0.4, -0.2) is 10.7 Å². The second-order valence-corrected chi connectivity index (χ2v) is 8.76. The Hall–Kier alpha value is -0.0400. The highest BCUT2D eigenvalue weighted by molar-refractivity contribution is 5.20. The SMILES string of the molecule is OC12C[C@@H]3CC(C[C@@H](C3)C1)C21C2CCCC1CCC2. The van der Waals surface area contributed by atoms with E-state index in [1.807, 2.05) is 0 Å². The lowest BCUT2D eigenvalue weighted by Gasteiger charge is -2.72. The van der Waals surface area contributed by atoms with Gasteiger partial charge in [-0.05, 0) is 87.4 Å². The van der Waals surface area contributed by atoms with E-state index < -0.39 is 0 Å². The third kappa shape index (κ3) is 1.23. The van der Waals surface area contributed by atoms with Gasteiger partial charge >= 0.3 is 0 Å². The molecule has 0 aliphatic heterocycles. The zero-order valence-electron chi connectivity index (χ0n) is 12.1. The van der Waals surface area contributed by atoms with Crippen molar-refractivity contribution >= 4 is 0 Å². The Morgan fingerprint density at radius 1 is 0.684 bits per heavy atom. The van der Waals surface area contributed by atoms with Crippen molar-refractivity contribution in [2.45, 2.75) is 76.2 Å². The molecule has 106 valence electrons. The fraction of sp³-hybridized carbons (Fsp3) is 1.00. The summed E-state index contributed by atoms with van der Waals surface area (Å²) in [5, 5.41) is 11.7. The Balaban J connectivity index is 1.66. The number of hydrogen-bond donors (Lipinski definition) is 1.